The summed E-state index contributed by atoms with van der Waals surface area (Å²) in [7, 11) is 0. The van der Waals surface area contributed by atoms with Crippen molar-refractivity contribution in [3.8, 4) is 6.07 Å². The molecule has 1 N–H and O–H groups in total. The van der Waals surface area contributed by atoms with E-state index in [1.54, 1.807) is 0 Å². The van der Waals surface area contributed by atoms with E-state index in [1.165, 1.54) is 0 Å². The van der Waals surface area contributed by atoms with Crippen LogP contribution in [0.3, 0.4) is 0 Å². The van der Waals surface area contributed by atoms with Crippen molar-refractivity contribution in [2.75, 3.05) is 11.9 Å². The van der Waals surface area contributed by atoms with Gasteiger partial charge in [-0.25, -0.2) is 0 Å². The summed E-state index contributed by atoms with van der Waals surface area (Å²) < 4.78 is 0. The molecular formula is C11H14N2. The van der Waals surface area contributed by atoms with E-state index >= 15 is 0 Å². The van der Waals surface area contributed by atoms with Gasteiger partial charge in [0.2, 0.25) is 0 Å². The first-order chi connectivity index (χ1) is 6.14. The van der Waals surface area contributed by atoms with Gasteiger partial charge < -0.3 is 5.32 Å². The summed E-state index contributed by atoms with van der Waals surface area (Å²) in [5, 5.41) is 12.0. The van der Waals surface area contributed by atoms with Gasteiger partial charge in [0.25, 0.3) is 0 Å². The van der Waals surface area contributed by atoms with Gasteiger partial charge in [0.05, 0.1) is 11.5 Å². The van der Waals surface area contributed by atoms with Crippen LogP contribution in [0.15, 0.2) is 30.3 Å². The van der Waals surface area contributed by atoms with E-state index in [1.807, 2.05) is 44.2 Å². The number of nitrogens with one attached hydrogen (secondary N) is 1. The minimum absolute atomic E-state index is 0.310. The van der Waals surface area contributed by atoms with E-state index in [0.29, 0.717) is 6.54 Å². The molecule has 0 saturated heterocycles. The monoisotopic (exact) mass is 174 g/mol. The Morgan fingerprint density at radius 3 is 2.46 bits per heavy atom. The van der Waals surface area contributed by atoms with Crippen LogP contribution in [0.5, 0.6) is 0 Å². The molecule has 0 unspecified atom stereocenters. The number of hydrogen-bond acceptors (Lipinski definition) is 2. The zero-order chi connectivity index (χ0) is 9.73. The average molecular weight is 174 g/mol. The Labute approximate surface area is 79.2 Å². The molecule has 0 radical (unpaired) electrons. The molecule has 13 heavy (non-hydrogen) atoms. The predicted molar refractivity (Wildman–Crippen MR) is 54.3 cm³/mol. The summed E-state index contributed by atoms with van der Waals surface area (Å²) in [6, 6.07) is 12.2. The van der Waals surface area contributed by atoms with Crippen LogP contribution in [0.2, 0.25) is 0 Å². The first-order valence-electron chi connectivity index (χ1n) is 4.34. The van der Waals surface area contributed by atoms with Crippen LogP contribution in [-0.4, -0.2) is 6.54 Å². The lowest BCUT2D eigenvalue weighted by atomic mass is 9.96. The Balaban J connectivity index is 2.50. The molecule has 68 valence electrons. The third kappa shape index (κ3) is 3.16. The molecule has 0 amide bonds. The van der Waals surface area contributed by atoms with Crippen LogP contribution in [-0.2, 0) is 0 Å². The zero-order valence-electron chi connectivity index (χ0n) is 8.04. The van der Waals surface area contributed by atoms with Crippen molar-refractivity contribution in [3.05, 3.63) is 30.3 Å². The van der Waals surface area contributed by atoms with Gasteiger partial charge in [0, 0.05) is 12.2 Å². The lowest BCUT2D eigenvalue weighted by molar-refractivity contribution is 0.529. The van der Waals surface area contributed by atoms with Crippen molar-refractivity contribution in [2.45, 2.75) is 13.8 Å². The molecule has 0 spiro atoms. The maximum absolute atomic E-state index is 8.78. The number of anilines is 1. The van der Waals surface area contributed by atoms with Gasteiger partial charge in [-0.3, -0.25) is 0 Å². The summed E-state index contributed by atoms with van der Waals surface area (Å²) in [4.78, 5) is 0. The van der Waals surface area contributed by atoms with Gasteiger partial charge in [-0.2, -0.15) is 5.26 Å². The van der Waals surface area contributed by atoms with Crippen molar-refractivity contribution < 1.29 is 0 Å². The Bertz CT molecular complexity index is 296. The minimum Gasteiger partial charge on any atom is -0.383 e. The molecule has 0 aromatic heterocycles. The van der Waals surface area contributed by atoms with E-state index in [-0.39, 0.29) is 5.41 Å². The molecule has 0 atom stereocenters. The fourth-order valence-electron chi connectivity index (χ4n) is 0.919. The number of nitriles is 1. The van der Waals surface area contributed by atoms with Crippen molar-refractivity contribution in [1.29, 1.82) is 5.26 Å². The number of benzene rings is 1. The molecule has 1 rings (SSSR count). The second kappa shape index (κ2) is 3.95. The predicted octanol–water partition coefficient (Wildman–Crippen LogP) is 2.65. The molecule has 0 aliphatic rings. The van der Waals surface area contributed by atoms with Crippen LogP contribution in [0, 0.1) is 16.7 Å². The Morgan fingerprint density at radius 1 is 1.31 bits per heavy atom. The molecule has 0 aliphatic heterocycles. The van der Waals surface area contributed by atoms with Crippen LogP contribution < -0.4 is 5.32 Å². The quantitative estimate of drug-likeness (QED) is 0.764. The molecule has 0 bridgehead atoms. The topological polar surface area (TPSA) is 35.8 Å². The molecule has 0 saturated carbocycles. The van der Waals surface area contributed by atoms with Crippen LogP contribution in [0.4, 0.5) is 5.69 Å². The summed E-state index contributed by atoms with van der Waals surface area (Å²) >= 11 is 0. The highest BCUT2D eigenvalue weighted by Gasteiger charge is 2.15. The highest BCUT2D eigenvalue weighted by Crippen LogP contribution is 2.14. The van der Waals surface area contributed by atoms with E-state index in [2.05, 4.69) is 11.4 Å². The van der Waals surface area contributed by atoms with Crippen LogP contribution in [0.25, 0.3) is 0 Å². The summed E-state index contributed by atoms with van der Waals surface area (Å²) in [6.07, 6.45) is 0. The van der Waals surface area contributed by atoms with Gasteiger partial charge in [0.1, 0.15) is 0 Å². The van der Waals surface area contributed by atoms with Gasteiger partial charge in [-0.15, -0.1) is 0 Å². The Kier molecular flexibility index (Phi) is 2.92. The van der Waals surface area contributed by atoms with E-state index in [0.717, 1.165) is 5.69 Å². The Hall–Kier alpha value is -1.49. The zero-order valence-corrected chi connectivity index (χ0v) is 8.04. The molecule has 0 aliphatic carbocycles. The Morgan fingerprint density at radius 2 is 1.92 bits per heavy atom. The normalized spacial score (nSPS) is 10.5. The van der Waals surface area contributed by atoms with Gasteiger partial charge in [-0.1, -0.05) is 18.2 Å². The molecule has 0 fully saturated rings. The fourth-order valence-corrected chi connectivity index (χ4v) is 0.919. The molecule has 1 aromatic rings. The lowest BCUT2D eigenvalue weighted by Gasteiger charge is -2.16. The second-order valence-corrected chi connectivity index (χ2v) is 3.72. The van der Waals surface area contributed by atoms with Crippen molar-refractivity contribution in [3.63, 3.8) is 0 Å². The maximum atomic E-state index is 8.78. The SMILES string of the molecule is CC(C)(C#N)CNc1ccccc1. The largest absolute Gasteiger partial charge is 0.383 e. The van der Waals surface area contributed by atoms with Crippen molar-refractivity contribution in [1.82, 2.24) is 0 Å². The average Bonchev–Trinajstić information content (AvgIpc) is 2.17. The summed E-state index contributed by atoms with van der Waals surface area (Å²) in [6.45, 7) is 4.51. The summed E-state index contributed by atoms with van der Waals surface area (Å²) in [5.41, 5.74) is 0.751. The first-order valence-corrected chi connectivity index (χ1v) is 4.34. The third-order valence-corrected chi connectivity index (χ3v) is 1.81. The molecular weight excluding hydrogens is 160 g/mol. The maximum Gasteiger partial charge on any atom is 0.0702 e. The minimum atomic E-state index is -0.310. The number of nitrogens with zero attached hydrogens (tertiary/aromatic N) is 1. The van der Waals surface area contributed by atoms with E-state index < -0.39 is 0 Å². The summed E-state index contributed by atoms with van der Waals surface area (Å²) in [5.74, 6) is 0. The smallest absolute Gasteiger partial charge is 0.0702 e. The van der Waals surface area contributed by atoms with Gasteiger partial charge >= 0.3 is 0 Å². The number of hydrogen-bond donors (Lipinski definition) is 1. The first kappa shape index (κ1) is 9.60. The number of para-hydroxylation sites is 1. The lowest BCUT2D eigenvalue weighted by Crippen LogP contribution is -2.20. The third-order valence-electron chi connectivity index (χ3n) is 1.81. The molecule has 0 heterocycles. The molecule has 1 aromatic carbocycles. The molecule has 2 heteroatoms. The van der Waals surface area contributed by atoms with E-state index in [4.69, 9.17) is 5.26 Å². The van der Waals surface area contributed by atoms with Crippen LogP contribution in [0.1, 0.15) is 13.8 Å². The van der Waals surface area contributed by atoms with E-state index in [9.17, 15) is 0 Å². The second-order valence-electron chi connectivity index (χ2n) is 3.72. The van der Waals surface area contributed by atoms with Gasteiger partial charge in [-0.05, 0) is 26.0 Å². The van der Waals surface area contributed by atoms with Crippen molar-refractivity contribution >= 4 is 5.69 Å². The fraction of sp³-hybridized carbons (Fsp3) is 0.364. The standard InChI is InChI=1S/C11H14N2/c1-11(2,8-12)9-13-10-6-4-3-5-7-10/h3-7,13H,9H2,1-2H3. The van der Waals surface area contributed by atoms with Crippen molar-refractivity contribution in [2.24, 2.45) is 5.41 Å². The highest BCUT2D eigenvalue weighted by atomic mass is 14.9. The van der Waals surface area contributed by atoms with Crippen LogP contribution >= 0.6 is 0 Å². The molecule has 2 nitrogen and oxygen atoms in total. The number of rotatable bonds is 3. The highest BCUT2D eigenvalue weighted by molar-refractivity contribution is 5.42. The van der Waals surface area contributed by atoms with Gasteiger partial charge in [0.15, 0.2) is 0 Å².